The summed E-state index contributed by atoms with van der Waals surface area (Å²) in [5.74, 6) is 0.198. The fourth-order valence-electron chi connectivity index (χ4n) is 1.93. The molecule has 0 radical (unpaired) electrons. The summed E-state index contributed by atoms with van der Waals surface area (Å²) in [4.78, 5) is 12.2. The third kappa shape index (κ3) is 2.50. The molecule has 2 unspecified atom stereocenters. The lowest BCUT2D eigenvalue weighted by Crippen LogP contribution is -2.47. The van der Waals surface area contributed by atoms with Crippen LogP contribution in [0.15, 0.2) is 18.2 Å². The molecule has 6 nitrogen and oxygen atoms in total. The summed E-state index contributed by atoms with van der Waals surface area (Å²) in [6.07, 6.45) is 0. The molecule has 4 N–H and O–H groups in total. The number of carbonyl (C=O) groups excluding carboxylic acids is 1. The van der Waals surface area contributed by atoms with Crippen molar-refractivity contribution in [2.45, 2.75) is 13.0 Å². The standard InChI is InChI=1S/C13H18N2O4/c1-13(7-19-6-11(13)14)12(17)15-9-4-3-8(18-2)5-10(9)16/h3-5,11,16H,6-7,14H2,1-2H3,(H,15,17). The first-order valence-corrected chi connectivity index (χ1v) is 5.99. The second-order valence-corrected chi connectivity index (χ2v) is 4.88. The van der Waals surface area contributed by atoms with Crippen molar-refractivity contribution in [3.05, 3.63) is 18.2 Å². The van der Waals surface area contributed by atoms with Crippen molar-refractivity contribution in [3.63, 3.8) is 0 Å². The summed E-state index contributed by atoms with van der Waals surface area (Å²) in [5.41, 5.74) is 5.42. The van der Waals surface area contributed by atoms with E-state index in [-0.39, 0.29) is 24.3 Å². The molecular weight excluding hydrogens is 248 g/mol. The highest BCUT2D eigenvalue weighted by molar-refractivity contribution is 5.97. The van der Waals surface area contributed by atoms with Gasteiger partial charge < -0.3 is 25.6 Å². The molecule has 0 saturated carbocycles. The first-order valence-electron chi connectivity index (χ1n) is 5.99. The normalized spacial score (nSPS) is 26.2. The van der Waals surface area contributed by atoms with Crippen molar-refractivity contribution in [1.29, 1.82) is 0 Å². The Balaban J connectivity index is 2.15. The van der Waals surface area contributed by atoms with E-state index < -0.39 is 5.41 Å². The van der Waals surface area contributed by atoms with Gasteiger partial charge in [-0.2, -0.15) is 0 Å². The Morgan fingerprint density at radius 2 is 2.37 bits per heavy atom. The summed E-state index contributed by atoms with van der Waals surface area (Å²) >= 11 is 0. The zero-order chi connectivity index (χ0) is 14.0. The highest BCUT2D eigenvalue weighted by Crippen LogP contribution is 2.32. The highest BCUT2D eigenvalue weighted by atomic mass is 16.5. The van der Waals surface area contributed by atoms with Crippen LogP contribution in [0.4, 0.5) is 5.69 Å². The minimum Gasteiger partial charge on any atom is -0.506 e. The summed E-state index contributed by atoms with van der Waals surface area (Å²) in [5, 5.41) is 12.5. The van der Waals surface area contributed by atoms with E-state index in [0.717, 1.165) is 0 Å². The van der Waals surface area contributed by atoms with Gasteiger partial charge in [0.1, 0.15) is 11.5 Å². The van der Waals surface area contributed by atoms with Crippen molar-refractivity contribution in [2.24, 2.45) is 11.1 Å². The first-order chi connectivity index (χ1) is 8.97. The van der Waals surface area contributed by atoms with E-state index in [4.69, 9.17) is 15.2 Å². The van der Waals surface area contributed by atoms with Crippen molar-refractivity contribution < 1.29 is 19.4 Å². The van der Waals surface area contributed by atoms with E-state index in [1.807, 2.05) is 0 Å². The quantitative estimate of drug-likeness (QED) is 0.700. The molecule has 2 rings (SSSR count). The largest absolute Gasteiger partial charge is 0.506 e. The van der Waals surface area contributed by atoms with Crippen LogP contribution >= 0.6 is 0 Å². The summed E-state index contributed by atoms with van der Waals surface area (Å²) < 4.78 is 10.2. The molecule has 0 aromatic heterocycles. The van der Waals surface area contributed by atoms with Crippen LogP contribution in [-0.2, 0) is 9.53 Å². The lowest BCUT2D eigenvalue weighted by Gasteiger charge is -2.25. The Hall–Kier alpha value is -1.79. The lowest BCUT2D eigenvalue weighted by atomic mass is 9.85. The van der Waals surface area contributed by atoms with E-state index in [0.29, 0.717) is 18.0 Å². The molecule has 0 spiro atoms. The third-order valence-corrected chi connectivity index (χ3v) is 3.49. The minimum absolute atomic E-state index is 0.0520. The Morgan fingerprint density at radius 1 is 1.63 bits per heavy atom. The van der Waals surface area contributed by atoms with Gasteiger partial charge in [-0.05, 0) is 19.1 Å². The number of hydrogen-bond donors (Lipinski definition) is 3. The number of anilines is 1. The average molecular weight is 266 g/mol. The van der Waals surface area contributed by atoms with E-state index in [9.17, 15) is 9.90 Å². The van der Waals surface area contributed by atoms with Crippen LogP contribution in [0.5, 0.6) is 11.5 Å². The van der Waals surface area contributed by atoms with Crippen molar-refractivity contribution in [1.82, 2.24) is 0 Å². The highest BCUT2D eigenvalue weighted by Gasteiger charge is 2.44. The smallest absolute Gasteiger partial charge is 0.234 e. The maximum Gasteiger partial charge on any atom is 0.234 e. The summed E-state index contributed by atoms with van der Waals surface area (Å²) in [6, 6.07) is 4.32. The number of phenols is 1. The van der Waals surface area contributed by atoms with E-state index in [1.54, 1.807) is 19.1 Å². The third-order valence-electron chi connectivity index (χ3n) is 3.49. The maximum absolute atomic E-state index is 12.2. The number of ether oxygens (including phenoxy) is 2. The fraction of sp³-hybridized carbons (Fsp3) is 0.462. The van der Waals surface area contributed by atoms with Gasteiger partial charge in [0.2, 0.25) is 5.91 Å². The summed E-state index contributed by atoms with van der Waals surface area (Å²) in [6.45, 7) is 2.38. The van der Waals surface area contributed by atoms with Crippen LogP contribution in [0.1, 0.15) is 6.92 Å². The van der Waals surface area contributed by atoms with Gasteiger partial charge in [0.15, 0.2) is 0 Å². The number of hydrogen-bond acceptors (Lipinski definition) is 5. The van der Waals surface area contributed by atoms with Crippen LogP contribution in [0.3, 0.4) is 0 Å². The van der Waals surface area contributed by atoms with Gasteiger partial charge in [0, 0.05) is 12.1 Å². The number of rotatable bonds is 3. The van der Waals surface area contributed by atoms with Crippen LogP contribution in [0, 0.1) is 5.41 Å². The number of nitrogens with two attached hydrogens (primary N) is 1. The molecule has 1 saturated heterocycles. The Kier molecular flexibility index (Phi) is 3.64. The molecule has 0 bridgehead atoms. The number of amides is 1. The number of benzene rings is 1. The van der Waals surface area contributed by atoms with Crippen molar-refractivity contribution >= 4 is 11.6 Å². The molecular formula is C13H18N2O4. The molecule has 0 aliphatic carbocycles. The molecule has 1 aliphatic rings. The van der Waals surface area contributed by atoms with Gasteiger partial charge in [0.05, 0.1) is 31.4 Å². The van der Waals surface area contributed by atoms with Crippen LogP contribution < -0.4 is 15.8 Å². The van der Waals surface area contributed by atoms with Gasteiger partial charge in [0.25, 0.3) is 0 Å². The molecule has 104 valence electrons. The first kappa shape index (κ1) is 13.6. The van der Waals surface area contributed by atoms with Gasteiger partial charge in [-0.15, -0.1) is 0 Å². The molecule has 19 heavy (non-hydrogen) atoms. The van der Waals surface area contributed by atoms with Gasteiger partial charge in [-0.1, -0.05) is 0 Å². The molecule has 6 heteroatoms. The van der Waals surface area contributed by atoms with Crippen LogP contribution in [0.25, 0.3) is 0 Å². The number of methoxy groups -OCH3 is 1. The Bertz CT molecular complexity index is 492. The maximum atomic E-state index is 12.2. The van der Waals surface area contributed by atoms with Crippen molar-refractivity contribution in [3.8, 4) is 11.5 Å². The van der Waals surface area contributed by atoms with Crippen molar-refractivity contribution in [2.75, 3.05) is 25.6 Å². The molecule has 2 atom stereocenters. The monoisotopic (exact) mass is 266 g/mol. The van der Waals surface area contributed by atoms with E-state index in [1.165, 1.54) is 13.2 Å². The predicted molar refractivity (Wildman–Crippen MR) is 70.2 cm³/mol. The molecule has 1 aliphatic heterocycles. The number of nitrogens with one attached hydrogen (secondary N) is 1. The summed E-state index contributed by atoms with van der Waals surface area (Å²) in [7, 11) is 1.50. The molecule has 1 aromatic carbocycles. The second kappa shape index (κ2) is 5.07. The zero-order valence-electron chi connectivity index (χ0n) is 11.0. The average Bonchev–Trinajstić information content (AvgIpc) is 2.73. The minimum atomic E-state index is -0.785. The van der Waals surface area contributed by atoms with Crippen LogP contribution in [-0.4, -0.2) is 37.4 Å². The lowest BCUT2D eigenvalue weighted by molar-refractivity contribution is -0.125. The number of aromatic hydroxyl groups is 1. The topological polar surface area (TPSA) is 93.8 Å². The number of phenolic OH excluding ortho intramolecular Hbond substituents is 1. The van der Waals surface area contributed by atoms with E-state index >= 15 is 0 Å². The predicted octanol–water partition coefficient (Wildman–Crippen LogP) is 0.703. The van der Waals surface area contributed by atoms with E-state index in [2.05, 4.69) is 5.32 Å². The van der Waals surface area contributed by atoms with Crippen LogP contribution in [0.2, 0.25) is 0 Å². The number of carbonyl (C=O) groups is 1. The zero-order valence-corrected chi connectivity index (χ0v) is 11.0. The second-order valence-electron chi connectivity index (χ2n) is 4.88. The molecule has 1 amide bonds. The van der Waals surface area contributed by atoms with Gasteiger partial charge in [-0.25, -0.2) is 0 Å². The Morgan fingerprint density at radius 3 is 2.89 bits per heavy atom. The Labute approximate surface area is 111 Å². The molecule has 1 fully saturated rings. The molecule has 1 heterocycles. The van der Waals surface area contributed by atoms with Gasteiger partial charge in [-0.3, -0.25) is 4.79 Å². The molecule has 1 aromatic rings. The fourth-order valence-corrected chi connectivity index (χ4v) is 1.93. The van der Waals surface area contributed by atoms with Gasteiger partial charge >= 0.3 is 0 Å². The SMILES string of the molecule is COc1ccc(NC(=O)C2(C)COCC2N)c(O)c1.